The van der Waals surface area contributed by atoms with Gasteiger partial charge in [0.25, 0.3) is 0 Å². The summed E-state index contributed by atoms with van der Waals surface area (Å²) in [7, 11) is 0. The summed E-state index contributed by atoms with van der Waals surface area (Å²) >= 11 is 0. The van der Waals surface area contributed by atoms with Gasteiger partial charge in [0.2, 0.25) is 0 Å². The third-order valence-electron chi connectivity index (χ3n) is 8.15. The zero-order valence-corrected chi connectivity index (χ0v) is 25.9. The van der Waals surface area contributed by atoms with E-state index in [9.17, 15) is 0 Å². The van der Waals surface area contributed by atoms with Crippen molar-refractivity contribution in [1.82, 2.24) is 0 Å². The number of halogens is 2. The predicted molar refractivity (Wildman–Crippen MR) is 154 cm³/mol. The van der Waals surface area contributed by atoms with Crippen LogP contribution in [0.25, 0.3) is 43.8 Å². The van der Waals surface area contributed by atoms with E-state index >= 15 is 0 Å². The summed E-state index contributed by atoms with van der Waals surface area (Å²) in [6.07, 6.45) is 7.58. The quantitative estimate of drug-likeness (QED) is 0.259. The molecule has 0 radical (unpaired) electrons. The Bertz CT molecular complexity index is 1550. The van der Waals surface area contributed by atoms with E-state index in [0.717, 1.165) is 0 Å². The minimum atomic E-state index is 0. The summed E-state index contributed by atoms with van der Waals surface area (Å²) in [6.45, 7) is 0. The maximum atomic E-state index is 2.39. The van der Waals surface area contributed by atoms with Crippen LogP contribution in [0.4, 0.5) is 0 Å². The molecule has 0 aliphatic heterocycles. The molecule has 6 aromatic carbocycles. The van der Waals surface area contributed by atoms with Gasteiger partial charge in [-0.3, -0.25) is 0 Å². The summed E-state index contributed by atoms with van der Waals surface area (Å²) < 4.78 is 0. The number of fused-ring (bicyclic) bond motifs is 4. The first-order valence-electron chi connectivity index (χ1n) is 13.4. The fourth-order valence-electron chi connectivity index (χ4n) is 6.57. The number of benzene rings is 4. The largest absolute Gasteiger partial charge is 4.00 e. The van der Waals surface area contributed by atoms with Crippen molar-refractivity contribution in [3.8, 4) is 22.3 Å². The molecule has 0 saturated carbocycles. The van der Waals surface area contributed by atoms with Crippen LogP contribution in [0.5, 0.6) is 0 Å². The van der Waals surface area contributed by atoms with E-state index < -0.39 is 0 Å². The van der Waals surface area contributed by atoms with Gasteiger partial charge in [-0.15, -0.1) is 45.8 Å². The van der Waals surface area contributed by atoms with Crippen molar-refractivity contribution in [2.45, 2.75) is 38.5 Å². The fraction of sp³-hybridized carbons (Fsp3) is 0.167. The molecular weight excluding hydrogens is 595 g/mol. The van der Waals surface area contributed by atoms with Crippen LogP contribution in [0.3, 0.4) is 0 Å². The van der Waals surface area contributed by atoms with Crippen molar-refractivity contribution < 1.29 is 51.0 Å². The summed E-state index contributed by atoms with van der Waals surface area (Å²) in [6, 6.07) is 39.8. The second-order valence-electron chi connectivity index (χ2n) is 10.3. The average molecular weight is 625 g/mol. The van der Waals surface area contributed by atoms with Crippen molar-refractivity contribution in [1.29, 1.82) is 0 Å². The normalized spacial score (nSPS) is 12.9. The zero-order chi connectivity index (χ0) is 23.9. The van der Waals surface area contributed by atoms with Crippen molar-refractivity contribution in [3.63, 3.8) is 0 Å². The topological polar surface area (TPSA) is 0 Å². The molecule has 0 unspecified atom stereocenters. The van der Waals surface area contributed by atoms with Gasteiger partial charge in [0.15, 0.2) is 0 Å². The van der Waals surface area contributed by atoms with Crippen LogP contribution < -0.4 is 24.8 Å². The molecule has 0 amide bonds. The van der Waals surface area contributed by atoms with Crippen LogP contribution in [0.15, 0.2) is 109 Å². The summed E-state index contributed by atoms with van der Waals surface area (Å²) in [5.74, 6) is 0. The van der Waals surface area contributed by atoms with Crippen molar-refractivity contribution in [2.75, 3.05) is 0 Å². The maximum absolute atomic E-state index is 2.39. The van der Waals surface area contributed by atoms with Gasteiger partial charge in [-0.05, 0) is 49.7 Å². The van der Waals surface area contributed by atoms with Crippen LogP contribution in [0.2, 0.25) is 0 Å². The van der Waals surface area contributed by atoms with Gasteiger partial charge < -0.3 is 24.8 Å². The molecule has 0 nitrogen and oxygen atoms in total. The first-order chi connectivity index (χ1) is 17.9. The Morgan fingerprint density at radius 3 is 1.31 bits per heavy atom. The number of hydrogen-bond donors (Lipinski definition) is 0. The SMILES string of the molecule is [Cl-].[Cl-].[Zr+4].c1ccc(-c2c3c(cc4[cH-]ccc24)CCC3)cc1.c1ccc(-c2c3c(cc4[cH-]ccc24)CCC3)cc1. The number of rotatable bonds is 2. The van der Waals surface area contributed by atoms with Gasteiger partial charge in [0.05, 0.1) is 0 Å². The van der Waals surface area contributed by atoms with Gasteiger partial charge in [-0.2, -0.15) is 24.3 Å². The third kappa shape index (κ3) is 5.47. The molecular formula is C36H30Cl2Zr. The zero-order valence-electron chi connectivity index (χ0n) is 21.9. The molecule has 0 fully saturated rings. The predicted octanol–water partition coefficient (Wildman–Crippen LogP) is 3.43. The smallest absolute Gasteiger partial charge is 1.00 e. The van der Waals surface area contributed by atoms with Crippen LogP contribution in [0, 0.1) is 0 Å². The van der Waals surface area contributed by atoms with E-state index in [1.54, 1.807) is 22.3 Å². The Hall–Kier alpha value is -2.44. The molecule has 3 heteroatoms. The standard InChI is InChI=1S/2C18H15.2ClH.Zr/c2*1-2-6-13(7-3-1)18-16-10-4-8-14(16)12-15-9-5-11-17(15)18;;;/h2*1-4,6-8,10,12H,5,9,11H2;2*1H;/q2*-1;;;+4/p-2. The van der Waals surface area contributed by atoms with Gasteiger partial charge in [-0.1, -0.05) is 94.0 Å². The first kappa shape index (κ1) is 29.5. The number of hydrogen-bond acceptors (Lipinski definition) is 0. The average Bonchev–Trinajstić information content (AvgIpc) is 3.74. The summed E-state index contributed by atoms with van der Waals surface area (Å²) in [5, 5.41) is 5.63. The van der Waals surface area contributed by atoms with E-state index in [-0.39, 0.29) is 51.0 Å². The summed E-state index contributed by atoms with van der Waals surface area (Å²) in [5.41, 5.74) is 12.0. The van der Waals surface area contributed by atoms with Gasteiger partial charge in [-0.25, -0.2) is 0 Å². The van der Waals surface area contributed by atoms with Gasteiger partial charge in [0.1, 0.15) is 0 Å². The van der Waals surface area contributed by atoms with Crippen molar-refractivity contribution >= 4 is 21.5 Å². The molecule has 0 saturated heterocycles. The molecule has 0 bridgehead atoms. The molecule has 2 aliphatic rings. The minimum Gasteiger partial charge on any atom is -1.00 e. The fourth-order valence-corrected chi connectivity index (χ4v) is 6.57. The van der Waals surface area contributed by atoms with E-state index in [1.807, 2.05) is 0 Å². The van der Waals surface area contributed by atoms with E-state index in [4.69, 9.17) is 0 Å². The molecule has 0 atom stereocenters. The molecule has 8 rings (SSSR count). The van der Waals surface area contributed by atoms with Crippen molar-refractivity contribution in [3.05, 3.63) is 131 Å². The molecule has 39 heavy (non-hydrogen) atoms. The maximum Gasteiger partial charge on any atom is 4.00 e. The molecule has 0 spiro atoms. The third-order valence-corrected chi connectivity index (χ3v) is 8.15. The minimum absolute atomic E-state index is 0. The second kappa shape index (κ2) is 12.8. The Kier molecular flexibility index (Phi) is 9.71. The van der Waals surface area contributed by atoms with E-state index in [1.165, 1.54) is 82.3 Å². The Morgan fingerprint density at radius 2 is 0.897 bits per heavy atom. The molecule has 0 N–H and O–H groups in total. The van der Waals surface area contributed by atoms with Crippen LogP contribution >= 0.6 is 0 Å². The van der Waals surface area contributed by atoms with Gasteiger partial charge >= 0.3 is 26.2 Å². The van der Waals surface area contributed by atoms with Crippen LogP contribution in [-0.2, 0) is 51.9 Å². The van der Waals surface area contributed by atoms with E-state index in [0.29, 0.717) is 0 Å². The molecule has 0 heterocycles. The van der Waals surface area contributed by atoms with Crippen LogP contribution in [0.1, 0.15) is 35.1 Å². The number of aryl methyl sites for hydroxylation is 2. The van der Waals surface area contributed by atoms with Crippen LogP contribution in [-0.4, -0.2) is 0 Å². The Morgan fingerprint density at radius 1 is 0.487 bits per heavy atom. The Balaban J connectivity index is 0.000000168. The summed E-state index contributed by atoms with van der Waals surface area (Å²) in [4.78, 5) is 0. The van der Waals surface area contributed by atoms with E-state index in [2.05, 4.69) is 109 Å². The monoisotopic (exact) mass is 622 g/mol. The molecule has 6 aromatic rings. The Labute approximate surface area is 263 Å². The molecule has 2 aliphatic carbocycles. The molecule has 192 valence electrons. The first-order valence-corrected chi connectivity index (χ1v) is 13.4. The molecule has 0 aromatic heterocycles. The second-order valence-corrected chi connectivity index (χ2v) is 10.3. The van der Waals surface area contributed by atoms with Crippen molar-refractivity contribution in [2.24, 2.45) is 0 Å². The van der Waals surface area contributed by atoms with Gasteiger partial charge in [0, 0.05) is 0 Å².